The van der Waals surface area contributed by atoms with Crippen LogP contribution in [-0.2, 0) is 7.05 Å². The zero-order valence-corrected chi connectivity index (χ0v) is 14.7. The normalized spacial score (nSPS) is 10.8. The number of aryl methyl sites for hydroxylation is 1. The third kappa shape index (κ3) is 4.06. The van der Waals surface area contributed by atoms with Gasteiger partial charge in [0.2, 0.25) is 0 Å². The quantitative estimate of drug-likeness (QED) is 0.742. The zero-order chi connectivity index (χ0) is 17.8. The Morgan fingerprint density at radius 2 is 1.88 bits per heavy atom. The van der Waals surface area contributed by atoms with E-state index in [1.54, 1.807) is 24.2 Å². The molecule has 7 nitrogen and oxygen atoms in total. The molecule has 3 aromatic heterocycles. The van der Waals surface area contributed by atoms with E-state index in [1.165, 1.54) is 0 Å². The standard InChI is InChI=1S/C18H21N5O2/c1-12(2)25-13-7-8-19-17(9-13)21-18-10-16(22-23(18)3)15-6-5-14(24-4)11-20-15/h5-12H,1-4H3,(H,19,21). The van der Waals surface area contributed by atoms with Gasteiger partial charge < -0.3 is 14.8 Å². The second-order valence-electron chi connectivity index (χ2n) is 5.79. The molecule has 0 aromatic carbocycles. The Hall–Kier alpha value is -3.09. The third-order valence-corrected chi connectivity index (χ3v) is 3.47. The summed E-state index contributed by atoms with van der Waals surface area (Å²) in [5.74, 6) is 2.98. The van der Waals surface area contributed by atoms with Gasteiger partial charge in [0.25, 0.3) is 0 Å². The Bertz CT molecular complexity index is 843. The average Bonchev–Trinajstić information content (AvgIpc) is 2.95. The summed E-state index contributed by atoms with van der Waals surface area (Å²) in [7, 11) is 3.48. The van der Waals surface area contributed by atoms with Crippen LogP contribution in [0.15, 0.2) is 42.7 Å². The predicted molar refractivity (Wildman–Crippen MR) is 96.3 cm³/mol. The van der Waals surface area contributed by atoms with Gasteiger partial charge in [-0.2, -0.15) is 5.10 Å². The van der Waals surface area contributed by atoms with Crippen LogP contribution in [0.2, 0.25) is 0 Å². The number of hydrogen-bond donors (Lipinski definition) is 1. The van der Waals surface area contributed by atoms with Crippen LogP contribution in [0.25, 0.3) is 11.4 Å². The molecule has 0 radical (unpaired) electrons. The lowest BCUT2D eigenvalue weighted by Gasteiger charge is -2.11. The first kappa shape index (κ1) is 16.8. The lowest BCUT2D eigenvalue weighted by atomic mass is 10.2. The van der Waals surface area contributed by atoms with Crippen molar-refractivity contribution < 1.29 is 9.47 Å². The summed E-state index contributed by atoms with van der Waals surface area (Å²) in [6.07, 6.45) is 3.49. The molecule has 0 fully saturated rings. The smallest absolute Gasteiger partial charge is 0.137 e. The van der Waals surface area contributed by atoms with Crippen molar-refractivity contribution in [1.29, 1.82) is 0 Å². The molecular formula is C18H21N5O2. The molecule has 0 saturated carbocycles. The number of hydrogen-bond acceptors (Lipinski definition) is 6. The Morgan fingerprint density at radius 1 is 1.04 bits per heavy atom. The molecule has 0 spiro atoms. The molecular weight excluding hydrogens is 318 g/mol. The van der Waals surface area contributed by atoms with Crippen LogP contribution in [-0.4, -0.2) is 33.0 Å². The summed E-state index contributed by atoms with van der Waals surface area (Å²) < 4.78 is 12.6. The fourth-order valence-electron chi connectivity index (χ4n) is 2.32. The minimum Gasteiger partial charge on any atom is -0.495 e. The van der Waals surface area contributed by atoms with Gasteiger partial charge in [-0.05, 0) is 32.0 Å². The van der Waals surface area contributed by atoms with Gasteiger partial charge in [-0.15, -0.1) is 0 Å². The highest BCUT2D eigenvalue weighted by molar-refractivity contribution is 5.63. The summed E-state index contributed by atoms with van der Waals surface area (Å²) in [5, 5.41) is 7.75. The molecule has 0 aliphatic rings. The fraction of sp³-hybridized carbons (Fsp3) is 0.278. The van der Waals surface area contributed by atoms with E-state index in [0.29, 0.717) is 11.6 Å². The molecule has 0 aliphatic carbocycles. The van der Waals surface area contributed by atoms with Crippen LogP contribution < -0.4 is 14.8 Å². The highest BCUT2D eigenvalue weighted by Gasteiger charge is 2.10. The molecule has 0 amide bonds. The van der Waals surface area contributed by atoms with Crippen LogP contribution in [0.3, 0.4) is 0 Å². The van der Waals surface area contributed by atoms with Crippen molar-refractivity contribution >= 4 is 11.6 Å². The van der Waals surface area contributed by atoms with Crippen LogP contribution in [0.5, 0.6) is 11.5 Å². The maximum absolute atomic E-state index is 5.69. The highest BCUT2D eigenvalue weighted by atomic mass is 16.5. The SMILES string of the molecule is COc1ccc(-c2cc(Nc3cc(OC(C)C)ccn3)n(C)n2)nc1. The van der Waals surface area contributed by atoms with E-state index in [9.17, 15) is 0 Å². The summed E-state index contributed by atoms with van der Waals surface area (Å²) >= 11 is 0. The van der Waals surface area contributed by atoms with Crippen LogP contribution in [0.1, 0.15) is 13.8 Å². The molecule has 3 aromatic rings. The number of ether oxygens (including phenoxy) is 2. The second-order valence-corrected chi connectivity index (χ2v) is 5.79. The van der Waals surface area contributed by atoms with E-state index < -0.39 is 0 Å². The van der Waals surface area contributed by atoms with Crippen molar-refractivity contribution in [1.82, 2.24) is 19.7 Å². The lowest BCUT2D eigenvalue weighted by molar-refractivity contribution is 0.242. The summed E-state index contributed by atoms with van der Waals surface area (Å²) in [5.41, 5.74) is 1.54. The van der Waals surface area contributed by atoms with E-state index in [4.69, 9.17) is 9.47 Å². The molecule has 7 heteroatoms. The molecule has 0 atom stereocenters. The van der Waals surface area contributed by atoms with Crippen LogP contribution in [0.4, 0.5) is 11.6 Å². The van der Waals surface area contributed by atoms with E-state index in [-0.39, 0.29) is 6.10 Å². The Morgan fingerprint density at radius 3 is 2.56 bits per heavy atom. The number of anilines is 2. The largest absolute Gasteiger partial charge is 0.495 e. The van der Waals surface area contributed by atoms with E-state index in [0.717, 1.165) is 23.0 Å². The third-order valence-electron chi connectivity index (χ3n) is 3.47. The minimum atomic E-state index is 0.111. The van der Waals surface area contributed by atoms with Gasteiger partial charge in [-0.25, -0.2) is 4.98 Å². The first-order valence-corrected chi connectivity index (χ1v) is 7.99. The molecule has 3 heterocycles. The molecule has 25 heavy (non-hydrogen) atoms. The van der Waals surface area contributed by atoms with Gasteiger partial charge in [-0.1, -0.05) is 0 Å². The van der Waals surface area contributed by atoms with Gasteiger partial charge in [0, 0.05) is 25.4 Å². The van der Waals surface area contributed by atoms with Gasteiger partial charge in [-0.3, -0.25) is 9.67 Å². The van der Waals surface area contributed by atoms with E-state index in [1.807, 2.05) is 51.2 Å². The molecule has 0 aliphatic heterocycles. The zero-order valence-electron chi connectivity index (χ0n) is 14.7. The molecule has 130 valence electrons. The maximum atomic E-state index is 5.69. The summed E-state index contributed by atoms with van der Waals surface area (Å²) in [4.78, 5) is 8.69. The average molecular weight is 339 g/mol. The number of rotatable bonds is 6. The fourth-order valence-corrected chi connectivity index (χ4v) is 2.32. The van der Waals surface area contributed by atoms with Crippen molar-refractivity contribution in [3.8, 4) is 22.9 Å². The number of aromatic nitrogens is 4. The topological polar surface area (TPSA) is 74.1 Å². The first-order chi connectivity index (χ1) is 12.0. The van der Waals surface area contributed by atoms with E-state index in [2.05, 4.69) is 20.4 Å². The summed E-state index contributed by atoms with van der Waals surface area (Å²) in [6.45, 7) is 3.98. The van der Waals surface area contributed by atoms with Crippen molar-refractivity contribution in [2.75, 3.05) is 12.4 Å². The van der Waals surface area contributed by atoms with Crippen molar-refractivity contribution in [2.45, 2.75) is 20.0 Å². The molecule has 0 saturated heterocycles. The van der Waals surface area contributed by atoms with Crippen molar-refractivity contribution in [3.63, 3.8) is 0 Å². The first-order valence-electron chi connectivity index (χ1n) is 7.99. The number of pyridine rings is 2. The second kappa shape index (κ2) is 7.21. The lowest BCUT2D eigenvalue weighted by Crippen LogP contribution is -2.06. The number of nitrogens with zero attached hydrogens (tertiary/aromatic N) is 4. The van der Waals surface area contributed by atoms with Gasteiger partial charge >= 0.3 is 0 Å². The molecule has 0 unspecified atom stereocenters. The van der Waals surface area contributed by atoms with E-state index >= 15 is 0 Å². The van der Waals surface area contributed by atoms with Gasteiger partial charge in [0.1, 0.15) is 28.8 Å². The van der Waals surface area contributed by atoms with Gasteiger partial charge in [0.05, 0.1) is 25.1 Å². The van der Waals surface area contributed by atoms with Crippen LogP contribution >= 0.6 is 0 Å². The Balaban J connectivity index is 1.80. The predicted octanol–water partition coefficient (Wildman–Crippen LogP) is 3.42. The number of methoxy groups -OCH3 is 1. The number of nitrogens with one attached hydrogen (secondary N) is 1. The van der Waals surface area contributed by atoms with Gasteiger partial charge in [0.15, 0.2) is 0 Å². The molecule has 3 rings (SSSR count). The Kier molecular flexibility index (Phi) is 4.83. The molecule has 1 N–H and O–H groups in total. The highest BCUT2D eigenvalue weighted by Crippen LogP contribution is 2.24. The maximum Gasteiger partial charge on any atom is 0.137 e. The van der Waals surface area contributed by atoms with Crippen molar-refractivity contribution in [2.24, 2.45) is 7.05 Å². The van der Waals surface area contributed by atoms with Crippen molar-refractivity contribution in [3.05, 3.63) is 42.7 Å². The van der Waals surface area contributed by atoms with Crippen LogP contribution in [0, 0.1) is 0 Å². The molecule has 0 bridgehead atoms. The minimum absolute atomic E-state index is 0.111. The summed E-state index contributed by atoms with van der Waals surface area (Å²) in [6, 6.07) is 9.35. The Labute approximate surface area is 146 Å². The monoisotopic (exact) mass is 339 g/mol.